The Balaban J connectivity index is 1.94. The highest BCUT2D eigenvalue weighted by Crippen LogP contribution is 2.37. The van der Waals surface area contributed by atoms with Crippen LogP contribution in [-0.2, 0) is 6.54 Å². The molecule has 4 N–H and O–H groups in total. The first-order chi connectivity index (χ1) is 16.0. The predicted octanol–water partition coefficient (Wildman–Crippen LogP) is 3.59. The number of nitrogens with zero attached hydrogens (tertiary/aromatic N) is 1. The number of amides is 2. The minimum atomic E-state index is -0.590. The smallest absolute Gasteiger partial charge is 0.274 e. The van der Waals surface area contributed by atoms with E-state index in [0.717, 1.165) is 16.5 Å². The third-order valence-electron chi connectivity index (χ3n) is 5.50. The van der Waals surface area contributed by atoms with Crippen LogP contribution >= 0.6 is 0 Å². The van der Waals surface area contributed by atoms with Crippen molar-refractivity contribution >= 4 is 22.7 Å². The molecule has 4 aromatic rings. The van der Waals surface area contributed by atoms with E-state index in [4.69, 9.17) is 20.4 Å². The van der Waals surface area contributed by atoms with E-state index in [1.165, 1.54) is 0 Å². The first-order valence-electron chi connectivity index (χ1n) is 10.1. The summed E-state index contributed by atoms with van der Waals surface area (Å²) in [5, 5.41) is 9.58. The molecule has 8 nitrogen and oxygen atoms in total. The molecule has 0 aliphatic rings. The number of methoxy groups -OCH3 is 2. The summed E-state index contributed by atoms with van der Waals surface area (Å²) in [6.07, 6.45) is 0. The van der Waals surface area contributed by atoms with Crippen LogP contribution in [0.5, 0.6) is 11.5 Å². The maximum absolute atomic E-state index is 12.6. The zero-order valence-electron chi connectivity index (χ0n) is 18.2. The van der Waals surface area contributed by atoms with Crippen molar-refractivity contribution in [2.75, 3.05) is 14.2 Å². The Labute approximate surface area is 190 Å². The zero-order chi connectivity index (χ0) is 23.5. The zero-order valence-corrected chi connectivity index (χ0v) is 18.2. The number of rotatable bonds is 7. The third kappa shape index (κ3) is 4.11. The van der Waals surface area contributed by atoms with Crippen molar-refractivity contribution in [3.8, 4) is 22.8 Å². The molecule has 2 amide bonds. The summed E-state index contributed by atoms with van der Waals surface area (Å²) in [6.45, 7) is 0.406. The molecule has 0 saturated heterocycles. The summed E-state index contributed by atoms with van der Waals surface area (Å²) in [7, 11) is 3.13. The second-order valence-corrected chi connectivity index (χ2v) is 7.43. The number of ether oxygens (including phenoxy) is 2. The van der Waals surface area contributed by atoms with Crippen LogP contribution in [0.15, 0.2) is 66.7 Å². The van der Waals surface area contributed by atoms with Gasteiger partial charge in [0.25, 0.3) is 11.8 Å². The van der Waals surface area contributed by atoms with Gasteiger partial charge in [-0.3, -0.25) is 14.8 Å². The number of nitrogens with one attached hydrogen (secondary N) is 1. The molecule has 0 atom stereocenters. The highest BCUT2D eigenvalue weighted by atomic mass is 16.5. The van der Waals surface area contributed by atoms with Gasteiger partial charge in [-0.1, -0.05) is 30.3 Å². The largest absolute Gasteiger partial charge is 0.497 e. The summed E-state index contributed by atoms with van der Waals surface area (Å²) < 4.78 is 12.9. The van der Waals surface area contributed by atoms with Crippen LogP contribution in [0.2, 0.25) is 0 Å². The number of hydroxylamine groups is 1. The van der Waals surface area contributed by atoms with Gasteiger partial charge < -0.3 is 19.8 Å². The maximum Gasteiger partial charge on any atom is 0.274 e. The van der Waals surface area contributed by atoms with Gasteiger partial charge in [0.2, 0.25) is 0 Å². The molecule has 0 aliphatic carbocycles. The van der Waals surface area contributed by atoms with Crippen LogP contribution < -0.4 is 20.7 Å². The molecular formula is C25H23N3O5. The average molecular weight is 445 g/mol. The Kier molecular flexibility index (Phi) is 6.01. The second kappa shape index (κ2) is 9.05. The Morgan fingerprint density at radius 1 is 0.970 bits per heavy atom. The molecule has 0 radical (unpaired) electrons. The number of carbonyl (C=O) groups is 2. The lowest BCUT2D eigenvalue weighted by atomic mass is 10.0. The molecule has 0 spiro atoms. The minimum Gasteiger partial charge on any atom is -0.497 e. The van der Waals surface area contributed by atoms with Crippen molar-refractivity contribution < 1.29 is 24.3 Å². The lowest BCUT2D eigenvalue weighted by molar-refractivity contribution is 0.0706. The van der Waals surface area contributed by atoms with E-state index in [0.29, 0.717) is 40.4 Å². The monoisotopic (exact) mass is 445 g/mol. The predicted molar refractivity (Wildman–Crippen MR) is 124 cm³/mol. The maximum atomic E-state index is 12.6. The first kappa shape index (κ1) is 21.9. The van der Waals surface area contributed by atoms with Crippen LogP contribution in [0, 0.1) is 0 Å². The molecule has 0 fully saturated rings. The van der Waals surface area contributed by atoms with Gasteiger partial charge in [0.1, 0.15) is 11.5 Å². The number of carbonyl (C=O) groups excluding carboxylic acids is 2. The summed E-state index contributed by atoms with van der Waals surface area (Å²) in [5.74, 6) is 0.0248. The number of benzene rings is 3. The van der Waals surface area contributed by atoms with E-state index in [2.05, 4.69) is 0 Å². The quantitative estimate of drug-likeness (QED) is 0.297. The van der Waals surface area contributed by atoms with Gasteiger partial charge in [0.15, 0.2) is 0 Å². The van der Waals surface area contributed by atoms with Gasteiger partial charge in [-0.05, 0) is 35.9 Å². The molecule has 0 bridgehead atoms. The molecule has 1 heterocycles. The second-order valence-electron chi connectivity index (χ2n) is 7.43. The summed E-state index contributed by atoms with van der Waals surface area (Å²) in [6, 6.07) is 19.8. The fourth-order valence-electron chi connectivity index (χ4n) is 3.97. The molecular weight excluding hydrogens is 422 g/mol. The number of primary amides is 1. The fraction of sp³-hybridized carbons (Fsp3) is 0.120. The van der Waals surface area contributed by atoms with Gasteiger partial charge in [-0.2, -0.15) is 0 Å². The van der Waals surface area contributed by atoms with Crippen molar-refractivity contribution in [3.63, 3.8) is 0 Å². The molecule has 4 rings (SSSR count). The van der Waals surface area contributed by atoms with Crippen molar-refractivity contribution in [1.29, 1.82) is 0 Å². The van der Waals surface area contributed by atoms with Crippen LogP contribution in [0.25, 0.3) is 22.2 Å². The van der Waals surface area contributed by atoms with Gasteiger partial charge in [0.05, 0.1) is 25.5 Å². The standard InChI is InChI=1S/C25H23N3O5/c1-32-18-11-17(12-19(13-18)33-2)23-22(24(26)29)20-5-3-4-6-21(20)28(23)14-15-7-9-16(10-8-15)25(30)27-31/h3-13,31H,14H2,1-2H3,(H2,26,29)(H,27,30). The molecule has 3 aromatic carbocycles. The van der Waals surface area contributed by atoms with E-state index in [1.807, 2.05) is 41.0 Å². The fourth-order valence-corrected chi connectivity index (χ4v) is 3.97. The van der Waals surface area contributed by atoms with Gasteiger partial charge in [-0.25, -0.2) is 5.48 Å². The van der Waals surface area contributed by atoms with Crippen LogP contribution in [0.3, 0.4) is 0 Å². The Hall–Kier alpha value is -4.30. The van der Waals surface area contributed by atoms with Gasteiger partial charge in [-0.15, -0.1) is 0 Å². The number of fused-ring (bicyclic) bond motifs is 1. The van der Waals surface area contributed by atoms with Crippen LogP contribution in [0.4, 0.5) is 0 Å². The normalized spacial score (nSPS) is 10.8. The number of nitrogens with two attached hydrogens (primary N) is 1. The number of hydrogen-bond donors (Lipinski definition) is 3. The lowest BCUT2D eigenvalue weighted by Crippen LogP contribution is -2.18. The number of para-hydroxylation sites is 1. The minimum absolute atomic E-state index is 0.328. The highest BCUT2D eigenvalue weighted by molar-refractivity contribution is 6.12. The lowest BCUT2D eigenvalue weighted by Gasteiger charge is -2.15. The number of hydrogen-bond acceptors (Lipinski definition) is 5. The van der Waals surface area contributed by atoms with Gasteiger partial charge in [0, 0.05) is 34.6 Å². The third-order valence-corrected chi connectivity index (χ3v) is 5.50. The molecule has 168 valence electrons. The summed E-state index contributed by atoms with van der Waals surface area (Å²) in [5.41, 5.74) is 11.3. The van der Waals surface area contributed by atoms with E-state index < -0.39 is 11.8 Å². The SMILES string of the molecule is COc1cc(OC)cc(-c2c(C(N)=O)c3ccccc3n2Cc2ccc(C(=O)NO)cc2)c1. The van der Waals surface area contributed by atoms with E-state index in [9.17, 15) is 9.59 Å². The number of aromatic nitrogens is 1. The van der Waals surface area contributed by atoms with Crippen molar-refractivity contribution in [1.82, 2.24) is 10.0 Å². The molecule has 0 unspecified atom stereocenters. The van der Waals surface area contributed by atoms with E-state index in [-0.39, 0.29) is 0 Å². The average Bonchev–Trinajstić information content (AvgIpc) is 3.18. The Morgan fingerprint density at radius 2 is 1.61 bits per heavy atom. The molecule has 33 heavy (non-hydrogen) atoms. The first-order valence-corrected chi connectivity index (χ1v) is 10.1. The molecule has 8 heteroatoms. The van der Waals surface area contributed by atoms with Crippen molar-refractivity contribution in [2.45, 2.75) is 6.54 Å². The molecule has 0 aliphatic heterocycles. The highest BCUT2D eigenvalue weighted by Gasteiger charge is 2.23. The Morgan fingerprint density at radius 3 is 2.18 bits per heavy atom. The molecule has 1 aromatic heterocycles. The van der Waals surface area contributed by atoms with E-state index >= 15 is 0 Å². The van der Waals surface area contributed by atoms with Crippen LogP contribution in [-0.4, -0.2) is 35.8 Å². The summed E-state index contributed by atoms with van der Waals surface area (Å²) in [4.78, 5) is 24.3. The van der Waals surface area contributed by atoms with Crippen molar-refractivity contribution in [3.05, 3.63) is 83.4 Å². The van der Waals surface area contributed by atoms with E-state index in [1.54, 1.807) is 50.0 Å². The molecule has 0 saturated carbocycles. The van der Waals surface area contributed by atoms with Gasteiger partial charge >= 0.3 is 0 Å². The summed E-state index contributed by atoms with van der Waals surface area (Å²) >= 11 is 0. The topological polar surface area (TPSA) is 116 Å². The van der Waals surface area contributed by atoms with Crippen LogP contribution in [0.1, 0.15) is 26.3 Å². The Bertz CT molecular complexity index is 1320. The van der Waals surface area contributed by atoms with Crippen molar-refractivity contribution in [2.24, 2.45) is 5.73 Å².